The maximum Gasteiger partial charge on any atom is 0.224 e. The summed E-state index contributed by atoms with van der Waals surface area (Å²) >= 11 is 3.44. The van der Waals surface area contributed by atoms with E-state index in [1.54, 1.807) is 7.11 Å². The first-order valence-electron chi connectivity index (χ1n) is 6.76. The van der Waals surface area contributed by atoms with Crippen LogP contribution in [0.1, 0.15) is 24.1 Å². The minimum Gasteiger partial charge on any atom is -0.497 e. The molecule has 2 aromatic rings. The van der Waals surface area contributed by atoms with Gasteiger partial charge in [0.1, 0.15) is 5.75 Å². The van der Waals surface area contributed by atoms with Gasteiger partial charge in [0, 0.05) is 4.47 Å². The van der Waals surface area contributed by atoms with Gasteiger partial charge >= 0.3 is 0 Å². The molecule has 1 N–H and O–H groups in total. The molecule has 0 fully saturated rings. The Morgan fingerprint density at radius 2 is 1.95 bits per heavy atom. The van der Waals surface area contributed by atoms with Gasteiger partial charge in [-0.25, -0.2) is 0 Å². The van der Waals surface area contributed by atoms with Crippen LogP contribution in [0.25, 0.3) is 0 Å². The summed E-state index contributed by atoms with van der Waals surface area (Å²) in [6.07, 6.45) is 0.363. The van der Waals surface area contributed by atoms with Gasteiger partial charge in [-0.1, -0.05) is 40.2 Å². The minimum atomic E-state index is -0.0201. The summed E-state index contributed by atoms with van der Waals surface area (Å²) in [4.78, 5) is 12.1. The number of carbonyl (C=O) groups excluding carboxylic acids is 1. The number of rotatable bonds is 5. The van der Waals surface area contributed by atoms with Crippen LogP contribution in [0.4, 0.5) is 0 Å². The lowest BCUT2D eigenvalue weighted by molar-refractivity contribution is -0.121. The van der Waals surface area contributed by atoms with Crippen molar-refractivity contribution < 1.29 is 9.53 Å². The molecule has 0 heterocycles. The second-order valence-electron chi connectivity index (χ2n) is 4.87. The number of hydrogen-bond donors (Lipinski definition) is 1. The third kappa shape index (κ3) is 4.60. The molecule has 2 rings (SSSR count). The molecule has 0 saturated heterocycles. The van der Waals surface area contributed by atoms with Crippen LogP contribution in [-0.4, -0.2) is 13.0 Å². The number of hydrogen-bond acceptors (Lipinski definition) is 2. The summed E-state index contributed by atoms with van der Waals surface area (Å²) in [6, 6.07) is 15.5. The predicted molar refractivity (Wildman–Crippen MR) is 87.4 cm³/mol. The van der Waals surface area contributed by atoms with Crippen LogP contribution in [0.3, 0.4) is 0 Å². The number of ether oxygens (including phenoxy) is 1. The lowest BCUT2D eigenvalue weighted by Gasteiger charge is -2.14. The SMILES string of the molecule is COc1ccc(CC(=O)NC(C)c2cccc(Br)c2)cc1. The minimum absolute atomic E-state index is 0.00708. The Hall–Kier alpha value is -1.81. The van der Waals surface area contributed by atoms with Crippen LogP contribution in [0.15, 0.2) is 53.0 Å². The van der Waals surface area contributed by atoms with Crippen LogP contribution in [0.5, 0.6) is 5.75 Å². The fourth-order valence-corrected chi connectivity index (χ4v) is 2.50. The van der Waals surface area contributed by atoms with E-state index in [0.717, 1.165) is 21.3 Å². The first kappa shape index (κ1) is 15.6. The smallest absolute Gasteiger partial charge is 0.224 e. The molecule has 0 aliphatic carbocycles. The molecule has 1 amide bonds. The third-order valence-corrected chi connectivity index (χ3v) is 3.74. The monoisotopic (exact) mass is 347 g/mol. The van der Waals surface area contributed by atoms with Crippen LogP contribution >= 0.6 is 15.9 Å². The predicted octanol–water partition coefficient (Wildman–Crippen LogP) is 3.88. The van der Waals surface area contributed by atoms with Crippen molar-refractivity contribution in [3.63, 3.8) is 0 Å². The molecular weight excluding hydrogens is 330 g/mol. The van der Waals surface area contributed by atoms with Crippen molar-refractivity contribution in [3.05, 3.63) is 64.1 Å². The van der Waals surface area contributed by atoms with Crippen LogP contribution < -0.4 is 10.1 Å². The molecule has 1 unspecified atom stereocenters. The van der Waals surface area contributed by atoms with Crippen molar-refractivity contribution >= 4 is 21.8 Å². The molecule has 3 nitrogen and oxygen atoms in total. The van der Waals surface area contributed by atoms with Gasteiger partial charge in [-0.05, 0) is 42.3 Å². The summed E-state index contributed by atoms with van der Waals surface area (Å²) in [5.74, 6) is 0.800. The average Bonchev–Trinajstić information content (AvgIpc) is 2.48. The van der Waals surface area contributed by atoms with Gasteiger partial charge in [-0.2, -0.15) is 0 Å². The van der Waals surface area contributed by atoms with E-state index in [0.29, 0.717) is 6.42 Å². The Kier molecular flexibility index (Phi) is 5.39. The Morgan fingerprint density at radius 1 is 1.24 bits per heavy atom. The summed E-state index contributed by atoms with van der Waals surface area (Å²) in [5.41, 5.74) is 2.04. The van der Waals surface area contributed by atoms with Gasteiger partial charge in [0.2, 0.25) is 5.91 Å². The molecule has 4 heteroatoms. The fraction of sp³-hybridized carbons (Fsp3) is 0.235. The number of benzene rings is 2. The molecule has 0 bridgehead atoms. The molecule has 0 radical (unpaired) electrons. The van der Waals surface area contributed by atoms with E-state index >= 15 is 0 Å². The molecule has 0 aliphatic heterocycles. The van der Waals surface area contributed by atoms with E-state index in [2.05, 4.69) is 21.2 Å². The molecule has 0 aromatic heterocycles. The quantitative estimate of drug-likeness (QED) is 0.891. The van der Waals surface area contributed by atoms with Crippen LogP contribution in [-0.2, 0) is 11.2 Å². The standard InChI is InChI=1S/C17H18BrNO2/c1-12(14-4-3-5-15(18)11-14)19-17(20)10-13-6-8-16(21-2)9-7-13/h3-9,11-12H,10H2,1-2H3,(H,19,20). The topological polar surface area (TPSA) is 38.3 Å². The van der Waals surface area contributed by atoms with E-state index in [1.807, 2.05) is 55.5 Å². The first-order chi connectivity index (χ1) is 10.1. The van der Waals surface area contributed by atoms with Crippen molar-refractivity contribution in [2.75, 3.05) is 7.11 Å². The maximum atomic E-state index is 12.1. The summed E-state index contributed by atoms with van der Waals surface area (Å²) in [5, 5.41) is 3.01. The molecule has 1 atom stereocenters. The summed E-state index contributed by atoms with van der Waals surface area (Å²) in [7, 11) is 1.63. The van der Waals surface area contributed by atoms with E-state index in [1.165, 1.54) is 0 Å². The van der Waals surface area contributed by atoms with Crippen molar-refractivity contribution in [1.29, 1.82) is 0 Å². The second kappa shape index (κ2) is 7.27. The Labute approximate surface area is 133 Å². The highest BCUT2D eigenvalue weighted by Crippen LogP contribution is 2.18. The fourth-order valence-electron chi connectivity index (χ4n) is 2.08. The highest BCUT2D eigenvalue weighted by atomic mass is 79.9. The zero-order valence-electron chi connectivity index (χ0n) is 12.1. The molecular formula is C17H18BrNO2. The second-order valence-corrected chi connectivity index (χ2v) is 5.78. The molecule has 0 saturated carbocycles. The lowest BCUT2D eigenvalue weighted by atomic mass is 10.1. The van der Waals surface area contributed by atoms with E-state index in [9.17, 15) is 4.79 Å². The van der Waals surface area contributed by atoms with E-state index in [-0.39, 0.29) is 11.9 Å². The van der Waals surface area contributed by atoms with E-state index < -0.39 is 0 Å². The molecule has 0 spiro atoms. The number of halogens is 1. The van der Waals surface area contributed by atoms with Gasteiger partial charge in [0.05, 0.1) is 19.6 Å². The van der Waals surface area contributed by atoms with Crippen molar-refractivity contribution in [1.82, 2.24) is 5.32 Å². The van der Waals surface area contributed by atoms with Gasteiger partial charge in [-0.15, -0.1) is 0 Å². The third-order valence-electron chi connectivity index (χ3n) is 3.25. The van der Waals surface area contributed by atoms with Gasteiger partial charge in [0.25, 0.3) is 0 Å². The normalized spacial score (nSPS) is 11.8. The molecule has 0 aliphatic rings. The first-order valence-corrected chi connectivity index (χ1v) is 7.55. The average molecular weight is 348 g/mol. The van der Waals surface area contributed by atoms with Gasteiger partial charge in [0.15, 0.2) is 0 Å². The van der Waals surface area contributed by atoms with Gasteiger partial charge < -0.3 is 10.1 Å². The Bertz CT molecular complexity index is 610. The maximum absolute atomic E-state index is 12.1. The highest BCUT2D eigenvalue weighted by molar-refractivity contribution is 9.10. The molecule has 2 aromatic carbocycles. The number of methoxy groups -OCH3 is 1. The van der Waals surface area contributed by atoms with Gasteiger partial charge in [-0.3, -0.25) is 4.79 Å². The lowest BCUT2D eigenvalue weighted by Crippen LogP contribution is -2.28. The van der Waals surface area contributed by atoms with E-state index in [4.69, 9.17) is 4.74 Å². The van der Waals surface area contributed by atoms with Crippen molar-refractivity contribution in [2.45, 2.75) is 19.4 Å². The zero-order valence-corrected chi connectivity index (χ0v) is 13.7. The zero-order chi connectivity index (χ0) is 15.2. The summed E-state index contributed by atoms with van der Waals surface area (Å²) < 4.78 is 6.11. The number of carbonyl (C=O) groups is 1. The number of nitrogens with one attached hydrogen (secondary N) is 1. The molecule has 110 valence electrons. The van der Waals surface area contributed by atoms with Crippen molar-refractivity contribution in [2.24, 2.45) is 0 Å². The van der Waals surface area contributed by atoms with Crippen molar-refractivity contribution in [3.8, 4) is 5.75 Å². The van der Waals surface area contributed by atoms with Crippen LogP contribution in [0, 0.1) is 0 Å². The largest absolute Gasteiger partial charge is 0.497 e. The molecule has 21 heavy (non-hydrogen) atoms. The summed E-state index contributed by atoms with van der Waals surface area (Å²) in [6.45, 7) is 1.98. The number of amides is 1. The Morgan fingerprint density at radius 3 is 2.57 bits per heavy atom. The Balaban J connectivity index is 1.94. The highest BCUT2D eigenvalue weighted by Gasteiger charge is 2.10. The van der Waals surface area contributed by atoms with Crippen LogP contribution in [0.2, 0.25) is 0 Å².